The zero-order chi connectivity index (χ0) is 71.0. The summed E-state index contributed by atoms with van der Waals surface area (Å²) in [6.45, 7) is 3.13. The molecule has 0 aromatic carbocycles. The molecular formula is C55H83N17O21S3. The molecule has 0 bridgehead atoms. The molecule has 0 radical (unpaired) electrons. The molecule has 19 atom stereocenters. The minimum Gasteiger partial charge on any atom is -0.592 e. The van der Waals surface area contributed by atoms with Crippen LogP contribution in [0.25, 0.3) is 10.7 Å². The van der Waals surface area contributed by atoms with Gasteiger partial charge in [-0.15, -0.1) is 22.7 Å². The normalized spacial score (nSPS) is 24.0. The molecule has 19 unspecified atom stereocenters. The number of carbonyl (C=O) groups excluding carboxylic acids is 7. The Morgan fingerprint density at radius 1 is 0.823 bits per heavy atom. The monoisotopic (exact) mass is 1410 g/mol. The standard InChI is InChI=1S/C55H83N17O21S3/c1-20-33(69-46(72-44(20)58)25(12-31(57)76)64-13-24(56)45(59)82)50(86)71-35(41(26-14-61-19-65-26)91-54-43(39(80)37(78)29(15-73)90-54)92-53-40(81)42(93-55(60)88)38(79)30(16-74)89-53)51(87)66-22(3)36(77)21(2)47(83)70-34(23(4)75)49(85)63-10-8-32-67-28(18-94-32)52-68-27(17-95-52)48(84)62-9-7-11-96(5)6/h14,17-19,21-25,29-30,34-43,53-54,64,73-75,77-81H,7-13,15-16,56H2,1-6H3,(H13-,57,58,59,60,61,62,63,65,66,69,70,71,72,76,82,83,84,85,86,87,88). The van der Waals surface area contributed by atoms with Gasteiger partial charge in [-0.3, -0.25) is 39.0 Å². The van der Waals surface area contributed by atoms with Crippen LogP contribution in [0.15, 0.2) is 23.3 Å². The average Bonchev–Trinajstić information content (AvgIpc) is 0.885. The number of aromatic amines is 1. The number of carbonyl (C=O) groups is 7. The van der Waals surface area contributed by atoms with E-state index in [9.17, 15) is 74.7 Å². The van der Waals surface area contributed by atoms with Crippen LogP contribution in [0.4, 0.5) is 5.82 Å². The molecule has 0 spiro atoms. The Bertz CT molecular complexity index is 3280. The lowest BCUT2D eigenvalue weighted by molar-refractivity contribution is -0.375. The molecule has 2 saturated heterocycles. The molecule has 0 saturated carbocycles. The molecule has 4 aromatic heterocycles. The van der Waals surface area contributed by atoms with E-state index in [1.165, 1.54) is 50.4 Å². The molecule has 2 aliphatic heterocycles. The van der Waals surface area contributed by atoms with Crippen LogP contribution >= 0.6 is 22.7 Å². The minimum absolute atomic E-state index is 0.00687. The van der Waals surface area contributed by atoms with Crippen LogP contribution in [0.5, 0.6) is 0 Å². The fraction of sp³-hybridized carbons (Fsp3) is 0.618. The van der Waals surface area contributed by atoms with Crippen molar-refractivity contribution in [1.29, 1.82) is 5.41 Å². The zero-order valence-electron chi connectivity index (χ0n) is 52.8. The van der Waals surface area contributed by atoms with Crippen LogP contribution < -0.4 is 59.9 Å². The lowest BCUT2D eigenvalue weighted by Gasteiger charge is -2.48. The van der Waals surface area contributed by atoms with Gasteiger partial charge in [-0.25, -0.2) is 24.9 Å². The number of aromatic nitrogens is 6. The minimum atomic E-state index is -2.22. The van der Waals surface area contributed by atoms with Gasteiger partial charge in [0.05, 0.1) is 97.4 Å². The number of ether oxygens (including phenoxy) is 5. The largest absolute Gasteiger partial charge is 0.592 e. The molecule has 532 valence electrons. The van der Waals surface area contributed by atoms with Crippen LogP contribution in [0.2, 0.25) is 0 Å². The summed E-state index contributed by atoms with van der Waals surface area (Å²) < 4.78 is 28.6. The number of amides is 7. The molecule has 6 heterocycles. The fourth-order valence-corrected chi connectivity index (χ4v) is 12.1. The average molecular weight is 1410 g/mol. The van der Waals surface area contributed by atoms with Crippen molar-refractivity contribution < 1.29 is 103 Å². The summed E-state index contributed by atoms with van der Waals surface area (Å²) in [6, 6.07) is -7.87. The molecule has 2 aliphatic rings. The predicted octanol–water partition coefficient (Wildman–Crippen LogP) is -8.49. The summed E-state index contributed by atoms with van der Waals surface area (Å²) in [5.74, 6) is -7.72. The third kappa shape index (κ3) is 20.6. The van der Waals surface area contributed by atoms with Crippen molar-refractivity contribution in [2.45, 2.75) is 157 Å². The Hall–Kier alpha value is -7.30. The summed E-state index contributed by atoms with van der Waals surface area (Å²) >= 11 is 2.52. The van der Waals surface area contributed by atoms with E-state index in [4.69, 9.17) is 52.0 Å². The summed E-state index contributed by atoms with van der Waals surface area (Å²) in [4.78, 5) is 119. The fourth-order valence-electron chi connectivity index (χ4n) is 9.79. The molecular weight excluding hydrogens is 1330 g/mol. The van der Waals surface area contributed by atoms with Crippen molar-refractivity contribution in [3.8, 4) is 10.7 Å². The number of aliphatic hydroxyl groups excluding tert-OH is 8. The van der Waals surface area contributed by atoms with Crippen LogP contribution in [0.1, 0.15) is 88.8 Å². The number of rotatable bonds is 35. The van der Waals surface area contributed by atoms with Gasteiger partial charge in [-0.05, 0) is 31.7 Å². The smallest absolute Gasteiger partial charge is 0.271 e. The number of thiazole rings is 2. The van der Waals surface area contributed by atoms with E-state index in [1.807, 2.05) is 0 Å². The summed E-state index contributed by atoms with van der Waals surface area (Å²) in [5.41, 5.74) is 22.9. The molecule has 4 aromatic rings. The van der Waals surface area contributed by atoms with E-state index in [1.54, 1.807) is 10.8 Å². The van der Waals surface area contributed by atoms with Gasteiger partial charge in [0.15, 0.2) is 12.6 Å². The highest BCUT2D eigenvalue weighted by Gasteiger charge is 2.52. The highest BCUT2D eigenvalue weighted by Crippen LogP contribution is 2.35. The molecule has 96 heavy (non-hydrogen) atoms. The zero-order valence-corrected chi connectivity index (χ0v) is 55.2. The van der Waals surface area contributed by atoms with Gasteiger partial charge in [0.25, 0.3) is 11.8 Å². The SMILES string of the molecule is Cc1c(N)nc(C(CC(N)=O)NCC(N)C(N)=O)nc1C(=O)NC(C(=O)NC(C)C(O)C(C)C(=O)NC(C(=O)NCCc1nc(-c2nc(C(=O)NCCC[S+](C)C)cs2)cs1)C(C)O)C(OC1OC(CO)C(O)C(O)C1OC1OC(CO)C(O)C(OC(=N)[O-])C1O)c1cnc[nH]1. The van der Waals surface area contributed by atoms with Crippen LogP contribution in [0.3, 0.4) is 0 Å². The predicted molar refractivity (Wildman–Crippen MR) is 337 cm³/mol. The number of anilines is 1. The first-order valence-electron chi connectivity index (χ1n) is 29.8. The van der Waals surface area contributed by atoms with Gasteiger partial charge in [0, 0.05) is 55.2 Å². The topological polar surface area (TPSA) is 631 Å². The number of hydrogen-bond acceptors (Lipinski definition) is 32. The van der Waals surface area contributed by atoms with Gasteiger partial charge in [-0.2, -0.15) is 0 Å². The van der Waals surface area contributed by atoms with E-state index in [0.29, 0.717) is 22.3 Å². The molecule has 0 aliphatic carbocycles. The third-order valence-electron chi connectivity index (χ3n) is 15.3. The van der Waals surface area contributed by atoms with Crippen molar-refractivity contribution in [3.63, 3.8) is 0 Å². The lowest BCUT2D eigenvalue weighted by atomic mass is 9.96. The molecule has 7 amide bonds. The van der Waals surface area contributed by atoms with Gasteiger partial charge < -0.3 is 129 Å². The van der Waals surface area contributed by atoms with Gasteiger partial charge in [0.1, 0.15) is 100 Å². The third-order valence-corrected chi connectivity index (χ3v) is 18.2. The first-order chi connectivity index (χ1) is 45.3. The van der Waals surface area contributed by atoms with Crippen molar-refractivity contribution in [3.05, 3.63) is 56.8 Å². The molecule has 41 heteroatoms. The lowest BCUT2D eigenvalue weighted by Crippen LogP contribution is -2.65. The first kappa shape index (κ1) is 77.7. The molecule has 2 fully saturated rings. The first-order valence-corrected chi connectivity index (χ1v) is 33.8. The summed E-state index contributed by atoms with van der Waals surface area (Å²) in [7, 11) is 0.253. The van der Waals surface area contributed by atoms with E-state index < -0.39 is 183 Å². The maximum atomic E-state index is 15.2. The van der Waals surface area contributed by atoms with E-state index >= 15 is 4.79 Å². The Morgan fingerprint density at radius 2 is 1.51 bits per heavy atom. The second-order valence-electron chi connectivity index (χ2n) is 22.8. The number of nitrogen functional groups attached to an aromatic ring is 1. The Labute approximate surface area is 559 Å². The second kappa shape index (κ2) is 35.8. The summed E-state index contributed by atoms with van der Waals surface area (Å²) in [5, 5.41) is 127. The van der Waals surface area contributed by atoms with Gasteiger partial charge in [-0.1, -0.05) is 6.92 Å². The molecule has 24 N–H and O–H groups in total. The maximum Gasteiger partial charge on any atom is 0.271 e. The Balaban J connectivity index is 1.26. The summed E-state index contributed by atoms with van der Waals surface area (Å²) in [6.07, 6.45) is -20.5. The number of nitrogens with two attached hydrogens (primary N) is 4. The number of primary amides is 2. The van der Waals surface area contributed by atoms with Crippen molar-refractivity contribution in [1.82, 2.24) is 61.8 Å². The van der Waals surface area contributed by atoms with Crippen molar-refractivity contribution >= 4 is 86.8 Å². The quantitative estimate of drug-likeness (QED) is 0.00880. The molecule has 38 nitrogen and oxygen atoms in total. The number of H-pyrrole nitrogens is 1. The van der Waals surface area contributed by atoms with Gasteiger partial charge in [0.2, 0.25) is 29.5 Å². The van der Waals surface area contributed by atoms with E-state index in [2.05, 4.69) is 74.3 Å². The molecule has 6 rings (SSSR count). The number of imidazole rings is 1. The van der Waals surface area contributed by atoms with Crippen molar-refractivity contribution in [2.75, 3.05) is 56.8 Å². The Morgan fingerprint density at radius 3 is 2.14 bits per heavy atom. The number of hydrogen-bond donors (Lipinski definition) is 20. The Kier molecular flexibility index (Phi) is 29.0. The number of aliphatic hydroxyl groups is 8. The van der Waals surface area contributed by atoms with Crippen LogP contribution in [-0.2, 0) is 65.0 Å². The maximum absolute atomic E-state index is 15.2. The van der Waals surface area contributed by atoms with Gasteiger partial charge >= 0.3 is 0 Å². The highest BCUT2D eigenvalue weighted by atomic mass is 32.2. The number of nitrogens with one attached hydrogen (secondary N) is 8. The number of nitrogens with zero attached hydrogens (tertiary/aromatic N) is 5. The van der Waals surface area contributed by atoms with E-state index in [-0.39, 0.29) is 64.9 Å². The van der Waals surface area contributed by atoms with Crippen LogP contribution in [-0.4, -0.2) is 267 Å². The van der Waals surface area contributed by atoms with E-state index in [0.717, 1.165) is 24.7 Å². The highest BCUT2D eigenvalue weighted by molar-refractivity contribution is 7.95. The second-order valence-corrected chi connectivity index (χ2v) is 27.0. The van der Waals surface area contributed by atoms with Crippen LogP contribution in [0, 0.1) is 18.3 Å². The van der Waals surface area contributed by atoms with Crippen molar-refractivity contribution in [2.24, 2.45) is 23.1 Å².